The average molecular weight is 356 g/mol. The summed E-state index contributed by atoms with van der Waals surface area (Å²) in [6.07, 6.45) is -4.50. The molecule has 0 bridgehead atoms. The van der Waals surface area contributed by atoms with Crippen LogP contribution in [-0.4, -0.2) is 30.6 Å². The minimum atomic E-state index is -4.50. The molecule has 0 saturated heterocycles. The van der Waals surface area contributed by atoms with E-state index in [9.17, 15) is 18.0 Å². The van der Waals surface area contributed by atoms with Gasteiger partial charge in [0, 0.05) is 0 Å². The quantitative estimate of drug-likeness (QED) is 0.868. The second-order valence-electron chi connectivity index (χ2n) is 4.00. The van der Waals surface area contributed by atoms with E-state index in [0.717, 1.165) is 0 Å². The lowest BCUT2D eigenvalue weighted by Crippen LogP contribution is -2.36. The molecule has 2 rings (SSSR count). The summed E-state index contributed by atoms with van der Waals surface area (Å²) < 4.78 is 47.2. The predicted octanol–water partition coefficient (Wildman–Crippen LogP) is 2.46. The summed E-state index contributed by atoms with van der Waals surface area (Å²) in [5.74, 6) is -0.733. The Morgan fingerprint density at radius 3 is 2.75 bits per heavy atom. The summed E-state index contributed by atoms with van der Waals surface area (Å²) in [7, 11) is 0. The van der Waals surface area contributed by atoms with E-state index in [1.165, 1.54) is 12.1 Å². The molecule has 1 aromatic rings. The zero-order valence-electron chi connectivity index (χ0n) is 9.83. The van der Waals surface area contributed by atoms with Gasteiger partial charge in [-0.15, -0.1) is 0 Å². The maximum atomic E-state index is 12.2. The van der Waals surface area contributed by atoms with Crippen molar-refractivity contribution < 1.29 is 32.5 Å². The van der Waals surface area contributed by atoms with Gasteiger partial charge in [0.2, 0.25) is 6.79 Å². The van der Waals surface area contributed by atoms with Crippen LogP contribution in [-0.2, 0) is 4.79 Å². The number of hydrogen-bond acceptors (Lipinski definition) is 4. The molecule has 0 radical (unpaired) electrons. The summed E-state index contributed by atoms with van der Waals surface area (Å²) in [6, 6.07) is 1.23. The molecule has 1 heterocycles. The molecule has 2 N–H and O–H groups in total. The zero-order valence-corrected chi connectivity index (χ0v) is 11.4. The number of nitrogens with one attached hydrogen (secondary N) is 1. The smallest absolute Gasteiger partial charge is 0.401 e. The first-order chi connectivity index (χ1) is 9.28. The van der Waals surface area contributed by atoms with E-state index in [2.05, 4.69) is 15.9 Å². The molecule has 1 atom stereocenters. The number of carboxylic acid groups (broad SMARTS) is 1. The van der Waals surface area contributed by atoms with Crippen molar-refractivity contribution in [1.29, 1.82) is 0 Å². The molecule has 0 aromatic heterocycles. The van der Waals surface area contributed by atoms with E-state index < -0.39 is 24.7 Å². The van der Waals surface area contributed by atoms with Crippen molar-refractivity contribution in [3.63, 3.8) is 0 Å². The van der Waals surface area contributed by atoms with Crippen molar-refractivity contribution in [1.82, 2.24) is 5.32 Å². The van der Waals surface area contributed by atoms with Crippen LogP contribution in [0.25, 0.3) is 0 Å². The molecule has 9 heteroatoms. The minimum Gasteiger partial charge on any atom is -0.480 e. The second kappa shape index (κ2) is 5.49. The van der Waals surface area contributed by atoms with E-state index >= 15 is 0 Å². The molecule has 0 amide bonds. The first-order valence-corrected chi connectivity index (χ1v) is 6.19. The number of carbonyl (C=O) groups is 1. The van der Waals surface area contributed by atoms with Crippen LogP contribution in [0.5, 0.6) is 11.5 Å². The Morgan fingerprint density at radius 1 is 1.45 bits per heavy atom. The number of halogens is 4. The normalized spacial score (nSPS) is 15.2. The number of carboxylic acids is 1. The SMILES string of the molecule is O=C(O)C(NCC(F)(F)F)c1cc(Br)c2c(c1)OCO2. The van der Waals surface area contributed by atoms with Crippen LogP contribution >= 0.6 is 15.9 Å². The van der Waals surface area contributed by atoms with Crippen molar-refractivity contribution in [2.24, 2.45) is 0 Å². The number of benzene rings is 1. The van der Waals surface area contributed by atoms with Crippen LogP contribution in [0.3, 0.4) is 0 Å². The number of fused-ring (bicyclic) bond motifs is 1. The molecule has 1 aliphatic heterocycles. The van der Waals surface area contributed by atoms with E-state index in [1.54, 1.807) is 0 Å². The van der Waals surface area contributed by atoms with E-state index in [0.29, 0.717) is 10.2 Å². The average Bonchev–Trinajstić information content (AvgIpc) is 2.75. The summed E-state index contributed by atoms with van der Waals surface area (Å²) in [4.78, 5) is 11.1. The molecule has 1 aliphatic rings. The fraction of sp³-hybridized carbons (Fsp3) is 0.364. The zero-order chi connectivity index (χ0) is 14.9. The van der Waals surface area contributed by atoms with Gasteiger partial charge in [-0.05, 0) is 33.6 Å². The molecule has 0 fully saturated rings. The highest BCUT2D eigenvalue weighted by Crippen LogP contribution is 2.41. The standard InChI is InChI=1S/C11H9BrF3NO4/c12-6-1-5(2-7-9(6)20-4-19-7)8(10(17)18)16-3-11(13,14)15/h1-2,8,16H,3-4H2,(H,17,18). The molecular formula is C11H9BrF3NO4. The highest BCUT2D eigenvalue weighted by atomic mass is 79.9. The summed E-state index contributed by atoms with van der Waals surface area (Å²) in [5.41, 5.74) is 0.137. The third kappa shape index (κ3) is 3.34. The van der Waals surface area contributed by atoms with Crippen molar-refractivity contribution in [3.05, 3.63) is 22.2 Å². The molecular weight excluding hydrogens is 347 g/mol. The molecule has 1 unspecified atom stereocenters. The lowest BCUT2D eigenvalue weighted by molar-refractivity contribution is -0.143. The Morgan fingerprint density at radius 2 is 2.15 bits per heavy atom. The third-order valence-electron chi connectivity index (χ3n) is 2.54. The lowest BCUT2D eigenvalue weighted by atomic mass is 10.1. The van der Waals surface area contributed by atoms with Gasteiger partial charge in [-0.2, -0.15) is 13.2 Å². The van der Waals surface area contributed by atoms with Gasteiger partial charge in [0.25, 0.3) is 0 Å². The Hall–Kier alpha value is -1.48. The van der Waals surface area contributed by atoms with Gasteiger partial charge in [0.1, 0.15) is 6.04 Å². The Labute approximate surface area is 119 Å². The fourth-order valence-corrected chi connectivity index (χ4v) is 2.29. The fourth-order valence-electron chi connectivity index (χ4n) is 1.72. The van der Waals surface area contributed by atoms with Crippen molar-refractivity contribution >= 4 is 21.9 Å². The number of ether oxygens (including phenoxy) is 2. The third-order valence-corrected chi connectivity index (χ3v) is 3.13. The summed E-state index contributed by atoms with van der Waals surface area (Å²) in [5, 5.41) is 11.0. The van der Waals surface area contributed by atoms with Gasteiger partial charge in [-0.25, -0.2) is 0 Å². The maximum absolute atomic E-state index is 12.2. The maximum Gasteiger partial charge on any atom is 0.401 e. The molecule has 20 heavy (non-hydrogen) atoms. The molecule has 1 aromatic carbocycles. The number of rotatable bonds is 4. The van der Waals surface area contributed by atoms with Crippen LogP contribution < -0.4 is 14.8 Å². The van der Waals surface area contributed by atoms with Crippen LogP contribution in [0.4, 0.5) is 13.2 Å². The van der Waals surface area contributed by atoms with Gasteiger partial charge in [-0.3, -0.25) is 10.1 Å². The Bertz CT molecular complexity index is 535. The van der Waals surface area contributed by atoms with Gasteiger partial charge < -0.3 is 14.6 Å². The van der Waals surface area contributed by atoms with Gasteiger partial charge in [0.15, 0.2) is 11.5 Å². The molecule has 5 nitrogen and oxygen atoms in total. The summed E-state index contributed by atoms with van der Waals surface area (Å²) >= 11 is 3.16. The first-order valence-electron chi connectivity index (χ1n) is 5.40. The van der Waals surface area contributed by atoms with Crippen LogP contribution in [0.1, 0.15) is 11.6 Å². The van der Waals surface area contributed by atoms with E-state index in [4.69, 9.17) is 14.6 Å². The summed E-state index contributed by atoms with van der Waals surface area (Å²) in [6.45, 7) is -1.43. The number of aliphatic carboxylic acids is 1. The topological polar surface area (TPSA) is 67.8 Å². The van der Waals surface area contributed by atoms with Crippen LogP contribution in [0, 0.1) is 0 Å². The predicted molar refractivity (Wildman–Crippen MR) is 64.7 cm³/mol. The van der Waals surface area contributed by atoms with Gasteiger partial charge >= 0.3 is 12.1 Å². The van der Waals surface area contributed by atoms with Crippen molar-refractivity contribution in [2.45, 2.75) is 12.2 Å². The van der Waals surface area contributed by atoms with Crippen LogP contribution in [0.2, 0.25) is 0 Å². The molecule has 0 saturated carbocycles. The largest absolute Gasteiger partial charge is 0.480 e. The molecule has 0 spiro atoms. The lowest BCUT2D eigenvalue weighted by Gasteiger charge is -2.17. The van der Waals surface area contributed by atoms with Crippen LogP contribution in [0.15, 0.2) is 16.6 Å². The van der Waals surface area contributed by atoms with Crippen molar-refractivity contribution in [2.75, 3.05) is 13.3 Å². The molecule has 110 valence electrons. The van der Waals surface area contributed by atoms with Crippen molar-refractivity contribution in [3.8, 4) is 11.5 Å². The second-order valence-corrected chi connectivity index (χ2v) is 4.86. The van der Waals surface area contributed by atoms with E-state index in [1.807, 2.05) is 5.32 Å². The number of alkyl halides is 3. The van der Waals surface area contributed by atoms with E-state index in [-0.39, 0.29) is 18.1 Å². The monoisotopic (exact) mass is 355 g/mol. The molecule has 0 aliphatic carbocycles. The highest BCUT2D eigenvalue weighted by molar-refractivity contribution is 9.10. The highest BCUT2D eigenvalue weighted by Gasteiger charge is 2.32. The number of hydrogen-bond donors (Lipinski definition) is 2. The Balaban J connectivity index is 2.26. The van der Waals surface area contributed by atoms with Gasteiger partial charge in [-0.1, -0.05) is 0 Å². The minimum absolute atomic E-state index is 0.0227. The van der Waals surface area contributed by atoms with Gasteiger partial charge in [0.05, 0.1) is 11.0 Å². The Kier molecular flexibility index (Phi) is 4.09. The first kappa shape index (κ1) is 14.9.